The van der Waals surface area contributed by atoms with Crippen LogP contribution < -0.4 is 5.32 Å². The second kappa shape index (κ2) is 7.37. The molecule has 124 valence electrons. The summed E-state index contributed by atoms with van der Waals surface area (Å²) in [5.41, 5.74) is 2.25. The van der Waals surface area contributed by atoms with Gasteiger partial charge in [-0.3, -0.25) is 4.98 Å². The number of hydrogen-bond acceptors (Lipinski definition) is 6. The molecule has 1 aliphatic rings. The highest BCUT2D eigenvalue weighted by Crippen LogP contribution is 2.25. The number of aliphatic hydroxyl groups is 1. The van der Waals surface area contributed by atoms with Gasteiger partial charge in [0.15, 0.2) is 0 Å². The SMILES string of the molecule is Cc1cnc(NC2CCC(O)CC2)nc1C(C#N)c1ccccn1. The number of aromatic nitrogens is 3. The molecule has 1 fully saturated rings. The first kappa shape index (κ1) is 16.3. The van der Waals surface area contributed by atoms with E-state index in [-0.39, 0.29) is 12.1 Å². The Morgan fingerprint density at radius 2 is 2.04 bits per heavy atom. The fraction of sp³-hybridized carbons (Fsp3) is 0.444. The van der Waals surface area contributed by atoms with E-state index in [9.17, 15) is 10.4 Å². The number of hydrogen-bond donors (Lipinski definition) is 2. The summed E-state index contributed by atoms with van der Waals surface area (Å²) in [7, 11) is 0. The maximum absolute atomic E-state index is 9.60. The van der Waals surface area contributed by atoms with Gasteiger partial charge in [0.1, 0.15) is 5.92 Å². The topological polar surface area (TPSA) is 94.7 Å². The molecule has 2 aromatic heterocycles. The summed E-state index contributed by atoms with van der Waals surface area (Å²) in [5, 5.41) is 22.5. The maximum Gasteiger partial charge on any atom is 0.223 e. The van der Waals surface area contributed by atoms with Crippen LogP contribution in [0.1, 0.15) is 48.6 Å². The standard InChI is InChI=1S/C18H21N5O/c1-12-11-21-18(22-13-5-7-14(24)8-6-13)23-17(12)15(10-19)16-4-2-3-9-20-16/h2-4,9,11,13-15,24H,5-8H2,1H3,(H,21,22,23). The predicted octanol–water partition coefficient (Wildman–Crippen LogP) is 2.55. The normalized spacial score (nSPS) is 21.7. The zero-order valence-electron chi connectivity index (χ0n) is 13.7. The summed E-state index contributed by atoms with van der Waals surface area (Å²) in [4.78, 5) is 13.2. The molecular formula is C18H21N5O. The van der Waals surface area contributed by atoms with Crippen molar-refractivity contribution >= 4 is 5.95 Å². The average Bonchev–Trinajstić information content (AvgIpc) is 2.61. The first-order valence-corrected chi connectivity index (χ1v) is 8.26. The van der Waals surface area contributed by atoms with Crippen LogP contribution in [0.5, 0.6) is 0 Å². The van der Waals surface area contributed by atoms with E-state index in [0.29, 0.717) is 17.3 Å². The van der Waals surface area contributed by atoms with Crippen molar-refractivity contribution in [1.29, 1.82) is 5.26 Å². The molecule has 1 unspecified atom stereocenters. The van der Waals surface area contributed by atoms with Crippen LogP contribution in [0.2, 0.25) is 0 Å². The van der Waals surface area contributed by atoms with Gasteiger partial charge in [0, 0.05) is 18.4 Å². The van der Waals surface area contributed by atoms with Crippen molar-refractivity contribution < 1.29 is 5.11 Å². The Morgan fingerprint density at radius 3 is 2.71 bits per heavy atom. The van der Waals surface area contributed by atoms with Crippen LogP contribution in [0, 0.1) is 18.3 Å². The molecule has 2 N–H and O–H groups in total. The zero-order valence-corrected chi connectivity index (χ0v) is 13.7. The highest BCUT2D eigenvalue weighted by atomic mass is 16.3. The van der Waals surface area contributed by atoms with E-state index in [1.807, 2.05) is 25.1 Å². The molecule has 1 saturated carbocycles. The van der Waals surface area contributed by atoms with Gasteiger partial charge >= 0.3 is 0 Å². The minimum Gasteiger partial charge on any atom is -0.393 e. The van der Waals surface area contributed by atoms with Crippen molar-refractivity contribution in [1.82, 2.24) is 15.0 Å². The van der Waals surface area contributed by atoms with Crippen LogP contribution in [-0.2, 0) is 0 Å². The second-order valence-corrected chi connectivity index (χ2v) is 6.23. The molecule has 1 aliphatic carbocycles. The summed E-state index contributed by atoms with van der Waals surface area (Å²) in [5.74, 6) is 0.0242. The Labute approximate surface area is 141 Å². The molecule has 0 bridgehead atoms. The number of pyridine rings is 1. The van der Waals surface area contributed by atoms with E-state index < -0.39 is 5.92 Å². The van der Waals surface area contributed by atoms with E-state index in [4.69, 9.17) is 0 Å². The molecule has 3 rings (SSSR count). The zero-order chi connectivity index (χ0) is 16.9. The molecule has 0 saturated heterocycles. The summed E-state index contributed by atoms with van der Waals surface area (Å²) in [6.07, 6.45) is 6.63. The Morgan fingerprint density at radius 1 is 1.25 bits per heavy atom. The molecular weight excluding hydrogens is 302 g/mol. The van der Waals surface area contributed by atoms with Crippen molar-refractivity contribution in [3.8, 4) is 6.07 Å². The van der Waals surface area contributed by atoms with Crippen molar-refractivity contribution in [3.05, 3.63) is 47.5 Å². The van der Waals surface area contributed by atoms with Gasteiger partial charge in [-0.2, -0.15) is 5.26 Å². The van der Waals surface area contributed by atoms with Gasteiger partial charge < -0.3 is 10.4 Å². The first-order chi connectivity index (χ1) is 11.7. The molecule has 6 nitrogen and oxygen atoms in total. The van der Waals surface area contributed by atoms with Gasteiger partial charge in [-0.1, -0.05) is 6.07 Å². The number of anilines is 1. The first-order valence-electron chi connectivity index (χ1n) is 8.26. The Hall–Kier alpha value is -2.52. The van der Waals surface area contributed by atoms with Crippen LogP contribution in [0.4, 0.5) is 5.95 Å². The predicted molar refractivity (Wildman–Crippen MR) is 90.3 cm³/mol. The second-order valence-electron chi connectivity index (χ2n) is 6.23. The lowest BCUT2D eigenvalue weighted by Crippen LogP contribution is -2.29. The number of rotatable bonds is 4. The van der Waals surface area contributed by atoms with Crippen LogP contribution >= 0.6 is 0 Å². The van der Waals surface area contributed by atoms with Gasteiger partial charge in [-0.15, -0.1) is 0 Å². The third-order valence-electron chi connectivity index (χ3n) is 4.43. The molecule has 0 aromatic carbocycles. The number of aliphatic hydroxyl groups excluding tert-OH is 1. The minimum atomic E-state index is -0.511. The summed E-state index contributed by atoms with van der Waals surface area (Å²) >= 11 is 0. The summed E-state index contributed by atoms with van der Waals surface area (Å²) < 4.78 is 0. The van der Waals surface area contributed by atoms with E-state index in [1.165, 1.54) is 0 Å². The van der Waals surface area contributed by atoms with Crippen LogP contribution in [0.25, 0.3) is 0 Å². The monoisotopic (exact) mass is 323 g/mol. The quantitative estimate of drug-likeness (QED) is 0.898. The Kier molecular flexibility index (Phi) is 5.02. The number of nitrogens with one attached hydrogen (secondary N) is 1. The molecule has 24 heavy (non-hydrogen) atoms. The molecule has 0 radical (unpaired) electrons. The molecule has 0 spiro atoms. The van der Waals surface area contributed by atoms with E-state index in [0.717, 1.165) is 31.2 Å². The van der Waals surface area contributed by atoms with Gasteiger partial charge in [0.25, 0.3) is 0 Å². The number of nitrogens with zero attached hydrogens (tertiary/aromatic N) is 4. The third kappa shape index (κ3) is 3.69. The lowest BCUT2D eigenvalue weighted by atomic mass is 9.93. The van der Waals surface area contributed by atoms with Gasteiger partial charge in [-0.25, -0.2) is 9.97 Å². The fourth-order valence-electron chi connectivity index (χ4n) is 3.03. The Bertz CT molecular complexity index is 720. The molecule has 2 aromatic rings. The lowest BCUT2D eigenvalue weighted by molar-refractivity contribution is 0.126. The van der Waals surface area contributed by atoms with Gasteiger partial charge in [-0.05, 0) is 50.3 Å². The molecule has 0 aliphatic heterocycles. The van der Waals surface area contributed by atoms with Crippen LogP contribution in [0.3, 0.4) is 0 Å². The number of nitriles is 1. The van der Waals surface area contributed by atoms with Crippen molar-refractivity contribution in [2.75, 3.05) is 5.32 Å². The summed E-state index contributed by atoms with van der Waals surface area (Å²) in [6.45, 7) is 1.91. The smallest absolute Gasteiger partial charge is 0.223 e. The van der Waals surface area contributed by atoms with Crippen LogP contribution in [-0.4, -0.2) is 32.2 Å². The van der Waals surface area contributed by atoms with E-state index >= 15 is 0 Å². The van der Waals surface area contributed by atoms with Crippen molar-refractivity contribution in [2.24, 2.45) is 0 Å². The van der Waals surface area contributed by atoms with E-state index in [1.54, 1.807) is 12.4 Å². The fourth-order valence-corrected chi connectivity index (χ4v) is 3.03. The third-order valence-corrected chi connectivity index (χ3v) is 4.43. The van der Waals surface area contributed by atoms with Crippen molar-refractivity contribution in [2.45, 2.75) is 50.7 Å². The number of aryl methyl sites for hydroxylation is 1. The summed E-state index contributed by atoms with van der Waals surface area (Å²) in [6, 6.07) is 8.10. The largest absolute Gasteiger partial charge is 0.393 e. The highest BCUT2D eigenvalue weighted by Gasteiger charge is 2.22. The molecule has 6 heteroatoms. The van der Waals surface area contributed by atoms with Crippen LogP contribution in [0.15, 0.2) is 30.6 Å². The average molecular weight is 323 g/mol. The van der Waals surface area contributed by atoms with E-state index in [2.05, 4.69) is 26.3 Å². The molecule has 1 atom stereocenters. The lowest BCUT2D eigenvalue weighted by Gasteiger charge is -2.26. The van der Waals surface area contributed by atoms with Crippen molar-refractivity contribution in [3.63, 3.8) is 0 Å². The highest BCUT2D eigenvalue weighted by molar-refractivity contribution is 5.38. The minimum absolute atomic E-state index is 0.190. The van der Waals surface area contributed by atoms with Gasteiger partial charge in [0.05, 0.1) is 23.6 Å². The molecule has 2 heterocycles. The maximum atomic E-state index is 9.60. The van der Waals surface area contributed by atoms with Gasteiger partial charge in [0.2, 0.25) is 5.95 Å². The molecule has 0 amide bonds. The Balaban J connectivity index is 1.82.